The van der Waals surface area contributed by atoms with E-state index >= 15 is 0 Å². The molecule has 3 N–H and O–H groups in total. The molecule has 0 spiro atoms. The lowest BCUT2D eigenvalue weighted by Gasteiger charge is -2.21. The van der Waals surface area contributed by atoms with E-state index in [1.807, 2.05) is 45.0 Å². The second kappa shape index (κ2) is 5.97. The molecule has 20 heavy (non-hydrogen) atoms. The van der Waals surface area contributed by atoms with Crippen LogP contribution in [0.3, 0.4) is 0 Å². The standard InChI is InChI=1S/C17H21NO2/c1-11-7-8-16(17(20)9-11)13(3)18-12(2)14-5-4-6-15(19)10-14/h4-10,12-13,18-20H,1-3H3. The van der Waals surface area contributed by atoms with E-state index in [1.54, 1.807) is 18.2 Å². The van der Waals surface area contributed by atoms with Gasteiger partial charge in [-0.25, -0.2) is 0 Å². The van der Waals surface area contributed by atoms with Crippen molar-refractivity contribution in [3.63, 3.8) is 0 Å². The number of hydrogen-bond acceptors (Lipinski definition) is 3. The lowest BCUT2D eigenvalue weighted by Crippen LogP contribution is -2.22. The molecule has 0 aliphatic heterocycles. The maximum absolute atomic E-state index is 10.0. The minimum atomic E-state index is 0.0212. The Morgan fingerprint density at radius 3 is 2.35 bits per heavy atom. The Kier molecular flexibility index (Phi) is 4.30. The normalized spacial score (nSPS) is 13.9. The van der Waals surface area contributed by atoms with E-state index in [0.717, 1.165) is 16.7 Å². The molecule has 2 unspecified atom stereocenters. The smallest absolute Gasteiger partial charge is 0.120 e. The Balaban J connectivity index is 2.12. The summed E-state index contributed by atoms with van der Waals surface area (Å²) in [6.07, 6.45) is 0. The zero-order valence-electron chi connectivity index (χ0n) is 12.1. The van der Waals surface area contributed by atoms with Crippen LogP contribution in [0.5, 0.6) is 11.5 Å². The Morgan fingerprint density at radius 2 is 1.70 bits per heavy atom. The third-order valence-electron chi connectivity index (χ3n) is 3.52. The third kappa shape index (κ3) is 3.31. The molecule has 0 heterocycles. The first-order valence-electron chi connectivity index (χ1n) is 6.82. The van der Waals surface area contributed by atoms with Crippen LogP contribution < -0.4 is 5.32 Å². The fraction of sp³-hybridized carbons (Fsp3) is 0.294. The quantitative estimate of drug-likeness (QED) is 0.792. The predicted octanol–water partition coefficient (Wildman–Crippen LogP) is 3.82. The Labute approximate surface area is 119 Å². The summed E-state index contributed by atoms with van der Waals surface area (Å²) in [7, 11) is 0. The molecule has 106 valence electrons. The van der Waals surface area contributed by atoms with E-state index in [-0.39, 0.29) is 17.8 Å². The van der Waals surface area contributed by atoms with E-state index in [1.165, 1.54) is 0 Å². The summed E-state index contributed by atoms with van der Waals surface area (Å²) in [6.45, 7) is 6.01. The molecule has 0 amide bonds. The molecule has 0 aliphatic carbocycles. The van der Waals surface area contributed by atoms with Crippen LogP contribution in [0.15, 0.2) is 42.5 Å². The fourth-order valence-electron chi connectivity index (χ4n) is 2.38. The van der Waals surface area contributed by atoms with Gasteiger partial charge in [-0.05, 0) is 50.1 Å². The second-order valence-corrected chi connectivity index (χ2v) is 5.27. The van der Waals surface area contributed by atoms with Crippen molar-refractivity contribution in [2.75, 3.05) is 0 Å². The first-order chi connectivity index (χ1) is 9.47. The van der Waals surface area contributed by atoms with E-state index < -0.39 is 0 Å². The number of rotatable bonds is 4. The number of nitrogens with one attached hydrogen (secondary N) is 1. The van der Waals surface area contributed by atoms with Gasteiger partial charge in [0.2, 0.25) is 0 Å². The van der Waals surface area contributed by atoms with Gasteiger partial charge >= 0.3 is 0 Å². The van der Waals surface area contributed by atoms with Crippen molar-refractivity contribution in [3.8, 4) is 11.5 Å². The van der Waals surface area contributed by atoms with Gasteiger partial charge in [-0.3, -0.25) is 0 Å². The molecule has 0 radical (unpaired) electrons. The number of aryl methyl sites for hydroxylation is 1. The number of aromatic hydroxyl groups is 2. The molecule has 0 aromatic heterocycles. The first kappa shape index (κ1) is 14.4. The summed E-state index contributed by atoms with van der Waals surface area (Å²) in [6, 6.07) is 13.0. The molecule has 0 fully saturated rings. The highest BCUT2D eigenvalue weighted by atomic mass is 16.3. The van der Waals surface area contributed by atoms with Crippen LogP contribution in [-0.4, -0.2) is 10.2 Å². The van der Waals surface area contributed by atoms with Gasteiger partial charge in [0.05, 0.1) is 0 Å². The van der Waals surface area contributed by atoms with Gasteiger partial charge in [0, 0.05) is 17.6 Å². The largest absolute Gasteiger partial charge is 0.508 e. The van der Waals surface area contributed by atoms with Crippen molar-refractivity contribution in [3.05, 3.63) is 59.2 Å². The van der Waals surface area contributed by atoms with E-state index in [9.17, 15) is 10.2 Å². The molecule has 0 aliphatic rings. The zero-order valence-corrected chi connectivity index (χ0v) is 12.1. The molecular formula is C17H21NO2. The molecule has 0 bridgehead atoms. The van der Waals surface area contributed by atoms with Crippen molar-refractivity contribution in [1.82, 2.24) is 5.32 Å². The van der Waals surface area contributed by atoms with Crippen LogP contribution in [0.4, 0.5) is 0 Å². The van der Waals surface area contributed by atoms with Crippen molar-refractivity contribution in [2.24, 2.45) is 0 Å². The highest BCUT2D eigenvalue weighted by Gasteiger charge is 2.14. The van der Waals surface area contributed by atoms with Gasteiger partial charge in [-0.2, -0.15) is 0 Å². The Hall–Kier alpha value is -2.00. The average molecular weight is 271 g/mol. The van der Waals surface area contributed by atoms with E-state index in [2.05, 4.69) is 5.32 Å². The minimum Gasteiger partial charge on any atom is -0.508 e. The van der Waals surface area contributed by atoms with Gasteiger partial charge < -0.3 is 15.5 Å². The maximum atomic E-state index is 10.0. The monoisotopic (exact) mass is 271 g/mol. The van der Waals surface area contributed by atoms with Crippen molar-refractivity contribution in [1.29, 1.82) is 0 Å². The topological polar surface area (TPSA) is 52.5 Å². The summed E-state index contributed by atoms with van der Waals surface area (Å²) < 4.78 is 0. The van der Waals surface area contributed by atoms with Crippen LogP contribution >= 0.6 is 0 Å². The van der Waals surface area contributed by atoms with Crippen molar-refractivity contribution >= 4 is 0 Å². The number of hydrogen-bond donors (Lipinski definition) is 3. The summed E-state index contributed by atoms with van der Waals surface area (Å²) in [5.74, 6) is 0.579. The van der Waals surface area contributed by atoms with Gasteiger partial charge in [0.15, 0.2) is 0 Å². The number of benzene rings is 2. The molecule has 2 atom stereocenters. The first-order valence-corrected chi connectivity index (χ1v) is 6.82. The Bertz CT molecular complexity index is 595. The van der Waals surface area contributed by atoms with E-state index in [0.29, 0.717) is 5.75 Å². The fourth-order valence-corrected chi connectivity index (χ4v) is 2.38. The molecule has 0 saturated carbocycles. The summed E-state index contributed by atoms with van der Waals surface area (Å²) >= 11 is 0. The highest BCUT2D eigenvalue weighted by molar-refractivity contribution is 5.38. The highest BCUT2D eigenvalue weighted by Crippen LogP contribution is 2.27. The van der Waals surface area contributed by atoms with Crippen LogP contribution in [0.2, 0.25) is 0 Å². The molecular weight excluding hydrogens is 250 g/mol. The predicted molar refractivity (Wildman–Crippen MR) is 80.9 cm³/mol. The number of phenols is 2. The maximum Gasteiger partial charge on any atom is 0.120 e. The van der Waals surface area contributed by atoms with Crippen LogP contribution in [-0.2, 0) is 0 Å². The van der Waals surface area contributed by atoms with Crippen molar-refractivity contribution in [2.45, 2.75) is 32.9 Å². The van der Waals surface area contributed by atoms with Crippen LogP contribution in [0.1, 0.15) is 42.6 Å². The van der Waals surface area contributed by atoms with Gasteiger partial charge in [-0.15, -0.1) is 0 Å². The van der Waals surface area contributed by atoms with Crippen LogP contribution in [0.25, 0.3) is 0 Å². The van der Waals surface area contributed by atoms with Gasteiger partial charge in [0.1, 0.15) is 11.5 Å². The molecule has 2 aromatic rings. The molecule has 2 rings (SSSR count). The van der Waals surface area contributed by atoms with Crippen LogP contribution in [0, 0.1) is 6.92 Å². The average Bonchev–Trinajstić information content (AvgIpc) is 2.38. The molecule has 3 nitrogen and oxygen atoms in total. The SMILES string of the molecule is Cc1ccc(C(C)NC(C)c2cccc(O)c2)c(O)c1. The zero-order chi connectivity index (χ0) is 14.7. The van der Waals surface area contributed by atoms with Gasteiger partial charge in [-0.1, -0.05) is 24.3 Å². The van der Waals surface area contributed by atoms with E-state index in [4.69, 9.17) is 0 Å². The lowest BCUT2D eigenvalue weighted by molar-refractivity contribution is 0.436. The minimum absolute atomic E-state index is 0.0212. The summed E-state index contributed by atoms with van der Waals surface area (Å²) in [5.41, 5.74) is 2.94. The summed E-state index contributed by atoms with van der Waals surface area (Å²) in [4.78, 5) is 0. The lowest BCUT2D eigenvalue weighted by atomic mass is 10.0. The third-order valence-corrected chi connectivity index (χ3v) is 3.52. The van der Waals surface area contributed by atoms with Gasteiger partial charge in [0.25, 0.3) is 0 Å². The van der Waals surface area contributed by atoms with Crippen molar-refractivity contribution < 1.29 is 10.2 Å². The Morgan fingerprint density at radius 1 is 0.950 bits per heavy atom. The molecule has 3 heteroatoms. The molecule has 0 saturated heterocycles. The number of phenolic OH excluding ortho intramolecular Hbond substituents is 2. The summed E-state index contributed by atoms with van der Waals surface area (Å²) in [5, 5.41) is 23.0. The molecule has 2 aromatic carbocycles. The second-order valence-electron chi connectivity index (χ2n) is 5.27.